The van der Waals surface area contributed by atoms with Crippen molar-refractivity contribution in [2.45, 2.75) is 20.4 Å². The van der Waals surface area contributed by atoms with E-state index in [9.17, 15) is 9.18 Å². The van der Waals surface area contributed by atoms with Crippen LogP contribution in [-0.4, -0.2) is 17.4 Å². The van der Waals surface area contributed by atoms with Gasteiger partial charge in [-0.05, 0) is 43.7 Å². The number of hydrogen-bond donors (Lipinski definition) is 1. The zero-order valence-corrected chi connectivity index (χ0v) is 12.3. The van der Waals surface area contributed by atoms with Crippen LogP contribution in [0.3, 0.4) is 0 Å². The van der Waals surface area contributed by atoms with Gasteiger partial charge < -0.3 is 10.6 Å². The van der Waals surface area contributed by atoms with Crippen molar-refractivity contribution in [3.8, 4) is 0 Å². The minimum absolute atomic E-state index is 0.112. The van der Waals surface area contributed by atoms with Crippen LogP contribution in [0.4, 0.5) is 10.1 Å². The lowest BCUT2D eigenvalue weighted by atomic mass is 10.1. The maximum atomic E-state index is 13.9. The first-order chi connectivity index (χ1) is 10.0. The van der Waals surface area contributed by atoms with Crippen LogP contribution in [0, 0.1) is 12.7 Å². The number of benzene rings is 2. The molecule has 0 bridgehead atoms. The monoisotopic (exact) mass is 286 g/mol. The molecule has 0 atom stereocenters. The number of hydrogen-bond acceptors (Lipinski definition) is 2. The van der Waals surface area contributed by atoms with Gasteiger partial charge in [0.1, 0.15) is 5.82 Å². The molecule has 21 heavy (non-hydrogen) atoms. The molecular formula is C17H19FN2O. The van der Waals surface area contributed by atoms with Crippen molar-refractivity contribution >= 4 is 11.6 Å². The van der Waals surface area contributed by atoms with Gasteiger partial charge in [0.25, 0.3) is 5.91 Å². The molecule has 2 rings (SSSR count). The first kappa shape index (κ1) is 15.0. The summed E-state index contributed by atoms with van der Waals surface area (Å²) in [5.41, 5.74) is 8.30. The Labute approximate surface area is 124 Å². The molecular weight excluding hydrogens is 267 g/mol. The Balaban J connectivity index is 2.24. The predicted molar refractivity (Wildman–Crippen MR) is 82.4 cm³/mol. The molecule has 0 aliphatic rings. The van der Waals surface area contributed by atoms with Crippen LogP contribution in [0.1, 0.15) is 28.4 Å². The summed E-state index contributed by atoms with van der Waals surface area (Å²) in [7, 11) is 0. The quantitative estimate of drug-likeness (QED) is 0.876. The lowest BCUT2D eigenvalue weighted by Crippen LogP contribution is -2.31. The molecule has 0 aliphatic carbocycles. The average Bonchev–Trinajstić information content (AvgIpc) is 2.46. The largest absolute Gasteiger partial charge is 0.399 e. The molecule has 110 valence electrons. The van der Waals surface area contributed by atoms with E-state index in [1.54, 1.807) is 23.1 Å². The highest BCUT2D eigenvalue weighted by atomic mass is 19.1. The van der Waals surface area contributed by atoms with Gasteiger partial charge in [-0.1, -0.05) is 23.8 Å². The number of amides is 1. The lowest BCUT2D eigenvalue weighted by Gasteiger charge is -2.21. The molecule has 2 aromatic carbocycles. The van der Waals surface area contributed by atoms with Crippen molar-refractivity contribution in [3.05, 3.63) is 65.0 Å². The molecule has 2 aromatic rings. The molecule has 0 aromatic heterocycles. The fourth-order valence-electron chi connectivity index (χ4n) is 2.21. The van der Waals surface area contributed by atoms with E-state index >= 15 is 0 Å². The highest BCUT2D eigenvalue weighted by Gasteiger charge is 2.18. The van der Waals surface area contributed by atoms with E-state index in [1.807, 2.05) is 32.0 Å². The molecule has 0 saturated heterocycles. The van der Waals surface area contributed by atoms with Gasteiger partial charge in [-0.25, -0.2) is 4.39 Å². The second kappa shape index (κ2) is 6.39. The van der Waals surface area contributed by atoms with Crippen molar-refractivity contribution < 1.29 is 9.18 Å². The molecule has 0 saturated carbocycles. The highest BCUT2D eigenvalue weighted by molar-refractivity contribution is 5.94. The first-order valence-corrected chi connectivity index (χ1v) is 6.91. The summed E-state index contributed by atoms with van der Waals surface area (Å²) in [5.74, 6) is -0.794. The molecule has 0 heterocycles. The van der Waals surface area contributed by atoms with Crippen LogP contribution >= 0.6 is 0 Å². The third-order valence-corrected chi connectivity index (χ3v) is 3.35. The Morgan fingerprint density at radius 1 is 1.24 bits per heavy atom. The maximum Gasteiger partial charge on any atom is 0.257 e. The van der Waals surface area contributed by atoms with Crippen LogP contribution in [0.5, 0.6) is 0 Å². The predicted octanol–water partition coefficient (Wildman–Crippen LogP) is 3.38. The van der Waals surface area contributed by atoms with Crippen LogP contribution in [0.2, 0.25) is 0 Å². The molecule has 4 heteroatoms. The third-order valence-electron chi connectivity index (χ3n) is 3.35. The van der Waals surface area contributed by atoms with Crippen molar-refractivity contribution in [1.82, 2.24) is 4.90 Å². The van der Waals surface area contributed by atoms with Crippen molar-refractivity contribution in [3.63, 3.8) is 0 Å². The summed E-state index contributed by atoms with van der Waals surface area (Å²) in [6, 6.07) is 11.9. The summed E-state index contributed by atoms with van der Waals surface area (Å²) in [5, 5.41) is 0. The Hall–Kier alpha value is -2.36. The zero-order chi connectivity index (χ0) is 15.4. The summed E-state index contributed by atoms with van der Waals surface area (Å²) in [6.45, 7) is 4.62. The van der Waals surface area contributed by atoms with Crippen LogP contribution < -0.4 is 5.73 Å². The average molecular weight is 286 g/mol. The molecule has 1 amide bonds. The number of nitrogens with two attached hydrogens (primary N) is 1. The fraction of sp³-hybridized carbons (Fsp3) is 0.235. The molecule has 0 aliphatic heterocycles. The number of nitrogens with zero attached hydrogens (tertiary/aromatic N) is 1. The number of carbonyl (C=O) groups is 1. The molecule has 3 nitrogen and oxygen atoms in total. The van der Waals surface area contributed by atoms with Gasteiger partial charge >= 0.3 is 0 Å². The van der Waals surface area contributed by atoms with Crippen LogP contribution in [-0.2, 0) is 6.54 Å². The summed E-state index contributed by atoms with van der Waals surface area (Å²) in [6.07, 6.45) is 0. The van der Waals surface area contributed by atoms with E-state index < -0.39 is 5.82 Å². The lowest BCUT2D eigenvalue weighted by molar-refractivity contribution is 0.0748. The minimum atomic E-state index is -0.489. The summed E-state index contributed by atoms with van der Waals surface area (Å²) < 4.78 is 13.9. The molecule has 0 unspecified atom stereocenters. The van der Waals surface area contributed by atoms with Crippen LogP contribution in [0.15, 0.2) is 42.5 Å². The Kier molecular flexibility index (Phi) is 4.58. The number of halogens is 1. The van der Waals surface area contributed by atoms with Gasteiger partial charge in [-0.3, -0.25) is 4.79 Å². The second-order valence-electron chi connectivity index (χ2n) is 5.05. The van der Waals surface area contributed by atoms with E-state index in [2.05, 4.69) is 0 Å². The normalized spacial score (nSPS) is 10.4. The van der Waals surface area contributed by atoms with Gasteiger partial charge in [0, 0.05) is 18.8 Å². The van der Waals surface area contributed by atoms with Gasteiger partial charge in [0.15, 0.2) is 0 Å². The second-order valence-corrected chi connectivity index (χ2v) is 5.05. The van der Waals surface area contributed by atoms with E-state index in [0.29, 0.717) is 18.8 Å². The number of aryl methyl sites for hydroxylation is 1. The molecule has 0 radical (unpaired) electrons. The molecule has 0 fully saturated rings. The number of anilines is 1. The minimum Gasteiger partial charge on any atom is -0.399 e. The highest BCUT2D eigenvalue weighted by Crippen LogP contribution is 2.16. The molecule has 2 N–H and O–H groups in total. The standard InChI is InChI=1S/C17H19FN2O/c1-3-20(11-13-5-4-6-14(19)10-13)17(21)15-9-12(2)7-8-16(15)18/h4-10H,3,11,19H2,1-2H3. The van der Waals surface area contributed by atoms with E-state index in [-0.39, 0.29) is 11.5 Å². The summed E-state index contributed by atoms with van der Waals surface area (Å²) >= 11 is 0. The maximum absolute atomic E-state index is 13.9. The Morgan fingerprint density at radius 2 is 2.00 bits per heavy atom. The van der Waals surface area contributed by atoms with Gasteiger partial charge in [-0.15, -0.1) is 0 Å². The fourth-order valence-corrected chi connectivity index (χ4v) is 2.21. The van der Waals surface area contributed by atoms with E-state index in [4.69, 9.17) is 5.73 Å². The topological polar surface area (TPSA) is 46.3 Å². The van der Waals surface area contributed by atoms with Gasteiger partial charge in [-0.2, -0.15) is 0 Å². The first-order valence-electron chi connectivity index (χ1n) is 6.91. The van der Waals surface area contributed by atoms with E-state index in [1.165, 1.54) is 6.07 Å². The zero-order valence-electron chi connectivity index (χ0n) is 12.3. The van der Waals surface area contributed by atoms with Crippen molar-refractivity contribution in [2.75, 3.05) is 12.3 Å². The summed E-state index contributed by atoms with van der Waals surface area (Å²) in [4.78, 5) is 14.1. The van der Waals surface area contributed by atoms with Gasteiger partial charge in [0.05, 0.1) is 5.56 Å². The Bertz CT molecular complexity index is 655. The number of carbonyl (C=O) groups excluding carboxylic acids is 1. The van der Waals surface area contributed by atoms with Gasteiger partial charge in [0.2, 0.25) is 0 Å². The van der Waals surface area contributed by atoms with Crippen molar-refractivity contribution in [2.24, 2.45) is 0 Å². The Morgan fingerprint density at radius 3 is 2.67 bits per heavy atom. The number of rotatable bonds is 4. The SMILES string of the molecule is CCN(Cc1cccc(N)c1)C(=O)c1cc(C)ccc1F. The number of nitrogen functional groups attached to an aromatic ring is 1. The third kappa shape index (κ3) is 3.60. The van der Waals surface area contributed by atoms with Crippen LogP contribution in [0.25, 0.3) is 0 Å². The smallest absolute Gasteiger partial charge is 0.257 e. The molecule has 0 spiro atoms. The van der Waals surface area contributed by atoms with Crippen molar-refractivity contribution in [1.29, 1.82) is 0 Å². The van der Waals surface area contributed by atoms with E-state index in [0.717, 1.165) is 11.1 Å².